The van der Waals surface area contributed by atoms with Crippen LogP contribution in [0.4, 0.5) is 11.4 Å². The molecule has 1 saturated carbocycles. The number of nitrogens with one attached hydrogen (secondary N) is 1. The number of carbonyl (C=O) groups is 1. The summed E-state index contributed by atoms with van der Waals surface area (Å²) >= 11 is 0. The number of rotatable bonds is 7. The minimum absolute atomic E-state index is 0.0114. The zero-order valence-corrected chi connectivity index (χ0v) is 13.7. The third-order valence-electron chi connectivity index (χ3n) is 3.96. The highest BCUT2D eigenvalue weighted by molar-refractivity contribution is 5.83. The summed E-state index contributed by atoms with van der Waals surface area (Å²) in [5.41, 5.74) is 1.11. The summed E-state index contributed by atoms with van der Waals surface area (Å²) in [6.07, 6.45) is 3.38. The fraction of sp³-hybridized carbons (Fsp3) is 0.500. The molecular weight excluding hydrogens is 328 g/mol. The lowest BCUT2D eigenvalue weighted by Gasteiger charge is -2.28. The second kappa shape index (κ2) is 7.93. The number of nitrogens with zero attached hydrogens (tertiary/aromatic N) is 3. The Morgan fingerprint density at radius 3 is 2.88 bits per heavy atom. The zero-order chi connectivity index (χ0) is 17.6. The van der Waals surface area contributed by atoms with E-state index in [9.17, 15) is 14.9 Å². The number of morpholine rings is 1. The number of ether oxygens (including phenoxy) is 1. The van der Waals surface area contributed by atoms with Crippen molar-refractivity contribution < 1.29 is 19.3 Å². The van der Waals surface area contributed by atoms with Crippen LogP contribution >= 0.6 is 0 Å². The van der Waals surface area contributed by atoms with Crippen LogP contribution in [0.15, 0.2) is 23.4 Å². The molecule has 0 atom stereocenters. The second-order valence-corrected chi connectivity index (χ2v) is 5.95. The monoisotopic (exact) mass is 348 g/mol. The number of anilines is 1. The molecule has 9 nitrogen and oxygen atoms in total. The SMILES string of the molecule is O=C(CO/N=C\c1ccc(N2CCOCC2)c([N+](=O)[O-])c1)NC1CC1. The van der Waals surface area contributed by atoms with Gasteiger partial charge in [-0.25, -0.2) is 0 Å². The van der Waals surface area contributed by atoms with Gasteiger partial charge in [-0.3, -0.25) is 14.9 Å². The molecule has 1 aromatic rings. The summed E-state index contributed by atoms with van der Waals surface area (Å²) < 4.78 is 5.28. The van der Waals surface area contributed by atoms with Crippen LogP contribution in [-0.4, -0.2) is 56.0 Å². The lowest BCUT2D eigenvalue weighted by Crippen LogP contribution is -2.36. The van der Waals surface area contributed by atoms with Gasteiger partial charge in [0.15, 0.2) is 6.61 Å². The standard InChI is InChI=1S/C16H20N4O5/c21-16(18-13-2-3-13)11-25-17-10-12-1-4-14(15(9-12)20(22)23)19-5-7-24-8-6-19/h1,4,9-10,13H,2-3,5-8,11H2,(H,18,21)/b17-10-. The summed E-state index contributed by atoms with van der Waals surface area (Å²) in [4.78, 5) is 29.3. The summed E-state index contributed by atoms with van der Waals surface area (Å²) in [6.45, 7) is 2.18. The molecule has 9 heteroatoms. The number of carbonyl (C=O) groups excluding carboxylic acids is 1. The predicted octanol–water partition coefficient (Wildman–Crippen LogP) is 1.06. The van der Waals surface area contributed by atoms with Gasteiger partial charge in [-0.05, 0) is 18.9 Å². The minimum atomic E-state index is -0.411. The number of nitro benzene ring substituents is 1. The van der Waals surface area contributed by atoms with Crippen molar-refractivity contribution in [2.75, 3.05) is 37.8 Å². The van der Waals surface area contributed by atoms with Crippen molar-refractivity contribution in [2.45, 2.75) is 18.9 Å². The van der Waals surface area contributed by atoms with Crippen LogP contribution in [0, 0.1) is 10.1 Å². The van der Waals surface area contributed by atoms with Gasteiger partial charge in [0.1, 0.15) is 5.69 Å². The molecule has 0 aromatic heterocycles. The van der Waals surface area contributed by atoms with Gasteiger partial charge in [0.05, 0.1) is 24.4 Å². The Morgan fingerprint density at radius 1 is 1.44 bits per heavy atom. The van der Waals surface area contributed by atoms with Crippen LogP contribution in [0.2, 0.25) is 0 Å². The molecule has 2 fully saturated rings. The molecule has 134 valence electrons. The maximum Gasteiger partial charge on any atom is 0.293 e. The first-order chi connectivity index (χ1) is 12.1. The Hall–Kier alpha value is -2.68. The van der Waals surface area contributed by atoms with Crippen molar-refractivity contribution in [1.29, 1.82) is 0 Å². The molecule has 1 aliphatic heterocycles. The highest BCUT2D eigenvalue weighted by Gasteiger charge is 2.23. The molecule has 25 heavy (non-hydrogen) atoms. The summed E-state index contributed by atoms with van der Waals surface area (Å²) in [7, 11) is 0. The summed E-state index contributed by atoms with van der Waals surface area (Å²) in [6, 6.07) is 5.15. The van der Waals surface area contributed by atoms with E-state index in [4.69, 9.17) is 9.57 Å². The molecule has 1 aromatic carbocycles. The fourth-order valence-electron chi connectivity index (χ4n) is 2.53. The number of nitro groups is 1. The molecule has 0 radical (unpaired) electrons. The van der Waals surface area contributed by atoms with E-state index in [2.05, 4.69) is 10.5 Å². The van der Waals surface area contributed by atoms with Gasteiger partial charge in [0.25, 0.3) is 11.6 Å². The third-order valence-corrected chi connectivity index (χ3v) is 3.96. The molecule has 1 saturated heterocycles. The van der Waals surface area contributed by atoms with Gasteiger partial charge < -0.3 is 19.8 Å². The molecule has 0 unspecified atom stereocenters. The van der Waals surface area contributed by atoms with Crippen LogP contribution in [-0.2, 0) is 14.4 Å². The topological polar surface area (TPSA) is 106 Å². The van der Waals surface area contributed by atoms with E-state index in [-0.39, 0.29) is 24.2 Å². The molecule has 0 spiro atoms. The van der Waals surface area contributed by atoms with Crippen molar-refractivity contribution in [3.63, 3.8) is 0 Å². The number of hydrogen-bond donors (Lipinski definition) is 1. The van der Waals surface area contributed by atoms with Crippen LogP contribution in [0.5, 0.6) is 0 Å². The Morgan fingerprint density at radius 2 is 2.20 bits per heavy atom. The van der Waals surface area contributed by atoms with Gasteiger partial charge in [-0.1, -0.05) is 11.2 Å². The Labute approximate surface area is 144 Å². The highest BCUT2D eigenvalue weighted by atomic mass is 16.6. The smallest absolute Gasteiger partial charge is 0.293 e. The van der Waals surface area contributed by atoms with E-state index in [0.717, 1.165) is 12.8 Å². The lowest BCUT2D eigenvalue weighted by atomic mass is 10.1. The second-order valence-electron chi connectivity index (χ2n) is 5.95. The maximum atomic E-state index is 11.5. The van der Waals surface area contributed by atoms with Gasteiger partial charge in [0.2, 0.25) is 0 Å². The largest absolute Gasteiger partial charge is 0.386 e. The molecule has 1 heterocycles. The highest BCUT2D eigenvalue weighted by Crippen LogP contribution is 2.29. The van der Waals surface area contributed by atoms with Crippen molar-refractivity contribution in [3.8, 4) is 0 Å². The van der Waals surface area contributed by atoms with Crippen molar-refractivity contribution in [2.24, 2.45) is 5.16 Å². The van der Waals surface area contributed by atoms with Gasteiger partial charge in [-0.15, -0.1) is 0 Å². The van der Waals surface area contributed by atoms with Gasteiger partial charge in [0, 0.05) is 30.8 Å². The lowest BCUT2D eigenvalue weighted by molar-refractivity contribution is -0.384. The fourth-order valence-corrected chi connectivity index (χ4v) is 2.53. The maximum absolute atomic E-state index is 11.5. The molecule has 1 aliphatic carbocycles. The summed E-state index contributed by atoms with van der Waals surface area (Å²) in [5.74, 6) is -0.215. The zero-order valence-electron chi connectivity index (χ0n) is 13.7. The molecule has 1 amide bonds. The van der Waals surface area contributed by atoms with E-state index in [1.165, 1.54) is 12.3 Å². The van der Waals surface area contributed by atoms with Crippen LogP contribution in [0.25, 0.3) is 0 Å². The van der Waals surface area contributed by atoms with E-state index in [1.807, 2.05) is 4.90 Å². The first-order valence-electron chi connectivity index (χ1n) is 8.19. The van der Waals surface area contributed by atoms with E-state index in [0.29, 0.717) is 37.6 Å². The van der Waals surface area contributed by atoms with Crippen molar-refractivity contribution in [1.82, 2.24) is 5.32 Å². The van der Waals surface area contributed by atoms with E-state index >= 15 is 0 Å². The molecule has 1 N–H and O–H groups in total. The van der Waals surface area contributed by atoms with E-state index < -0.39 is 4.92 Å². The van der Waals surface area contributed by atoms with Gasteiger partial charge in [-0.2, -0.15) is 0 Å². The van der Waals surface area contributed by atoms with Crippen molar-refractivity contribution >= 4 is 23.5 Å². The van der Waals surface area contributed by atoms with Crippen LogP contribution in [0.3, 0.4) is 0 Å². The minimum Gasteiger partial charge on any atom is -0.386 e. The quantitative estimate of drug-likeness (QED) is 0.449. The molecule has 3 rings (SSSR count). The molecule has 0 bridgehead atoms. The predicted molar refractivity (Wildman–Crippen MR) is 90.8 cm³/mol. The normalized spacial score (nSPS) is 17.5. The first-order valence-corrected chi connectivity index (χ1v) is 8.19. The van der Waals surface area contributed by atoms with Crippen LogP contribution < -0.4 is 10.2 Å². The molecule has 2 aliphatic rings. The van der Waals surface area contributed by atoms with E-state index in [1.54, 1.807) is 12.1 Å². The van der Waals surface area contributed by atoms with Gasteiger partial charge >= 0.3 is 0 Å². The number of amides is 1. The number of hydrogen-bond acceptors (Lipinski definition) is 7. The number of oxime groups is 1. The third kappa shape index (κ3) is 4.90. The molecular formula is C16H20N4O5. The van der Waals surface area contributed by atoms with Crippen molar-refractivity contribution in [3.05, 3.63) is 33.9 Å². The summed E-state index contributed by atoms with van der Waals surface area (Å²) in [5, 5.41) is 17.9. The Bertz CT molecular complexity index is 668. The average molecular weight is 348 g/mol. The first kappa shape index (κ1) is 17.2. The Balaban J connectivity index is 1.61. The average Bonchev–Trinajstić information content (AvgIpc) is 3.43. The number of benzene rings is 1. The Kier molecular flexibility index (Phi) is 5.44. The van der Waals surface area contributed by atoms with Crippen LogP contribution in [0.1, 0.15) is 18.4 Å².